The van der Waals surface area contributed by atoms with Gasteiger partial charge in [-0.05, 0) is 55.6 Å². The molecule has 5 rings (SSSR count). The minimum atomic E-state index is -0.00344. The number of nitrogens with one attached hydrogen (secondary N) is 1. The summed E-state index contributed by atoms with van der Waals surface area (Å²) in [5.41, 5.74) is 4.91. The molecule has 0 aliphatic carbocycles. The number of likely N-dealkylation sites (tertiary alicyclic amines) is 1. The highest BCUT2D eigenvalue weighted by Crippen LogP contribution is 2.20. The molecule has 0 radical (unpaired) electrons. The standard InChI is InChI=1S/C26H29N5O2S.ClH/c1-33-22-15-25-24(28-17-22)5-6-26(32)31(25)13-12-30-10-7-20(8-11-30)27-16-21-3-2-4-23(29-21)19-9-14-34-18-19;/h2-6,9,14-15,17-18,20,27H,7-8,10-13,16H2,1H3;1H. The smallest absolute Gasteiger partial charge is 0.251 e. The highest BCUT2D eigenvalue weighted by atomic mass is 35.5. The van der Waals surface area contributed by atoms with Gasteiger partial charge in [0.05, 0.1) is 35.7 Å². The summed E-state index contributed by atoms with van der Waals surface area (Å²) in [6, 6.07) is 14.1. The van der Waals surface area contributed by atoms with Gasteiger partial charge in [-0.25, -0.2) is 0 Å². The number of methoxy groups -OCH3 is 1. The van der Waals surface area contributed by atoms with Crippen LogP contribution in [0.25, 0.3) is 22.3 Å². The Labute approximate surface area is 215 Å². The zero-order valence-corrected chi connectivity index (χ0v) is 21.4. The molecular weight excluding hydrogens is 482 g/mol. The summed E-state index contributed by atoms with van der Waals surface area (Å²) in [5.74, 6) is 0.661. The minimum absolute atomic E-state index is 0. The molecule has 1 aliphatic rings. The Kier molecular flexibility index (Phi) is 8.51. The van der Waals surface area contributed by atoms with Gasteiger partial charge in [-0.1, -0.05) is 6.07 Å². The molecule has 0 saturated carbocycles. The molecule has 35 heavy (non-hydrogen) atoms. The maximum absolute atomic E-state index is 12.5. The van der Waals surface area contributed by atoms with E-state index in [2.05, 4.69) is 50.2 Å². The number of ether oxygens (including phenoxy) is 1. The fraction of sp³-hybridized carbons (Fsp3) is 0.346. The zero-order chi connectivity index (χ0) is 23.3. The van der Waals surface area contributed by atoms with Gasteiger partial charge in [-0.3, -0.25) is 14.8 Å². The Balaban J connectivity index is 0.00000289. The number of thiophene rings is 1. The summed E-state index contributed by atoms with van der Waals surface area (Å²) in [5, 5.41) is 7.90. The first kappa shape index (κ1) is 25.3. The predicted molar refractivity (Wildman–Crippen MR) is 144 cm³/mol. The van der Waals surface area contributed by atoms with Crippen molar-refractivity contribution in [2.24, 2.45) is 0 Å². The van der Waals surface area contributed by atoms with E-state index in [1.807, 2.05) is 6.07 Å². The van der Waals surface area contributed by atoms with Crippen LogP contribution in [0.2, 0.25) is 0 Å². The number of rotatable bonds is 8. The SMILES string of the molecule is COc1cnc2ccc(=O)n(CCN3CCC(NCc4cccc(-c5ccsc5)n4)CC3)c2c1.Cl. The molecule has 9 heteroatoms. The van der Waals surface area contributed by atoms with E-state index < -0.39 is 0 Å². The lowest BCUT2D eigenvalue weighted by Crippen LogP contribution is -2.43. The van der Waals surface area contributed by atoms with Gasteiger partial charge in [-0.15, -0.1) is 12.4 Å². The number of hydrogen-bond acceptors (Lipinski definition) is 7. The van der Waals surface area contributed by atoms with E-state index in [1.165, 1.54) is 5.56 Å². The fourth-order valence-electron chi connectivity index (χ4n) is 4.49. The largest absolute Gasteiger partial charge is 0.495 e. The molecule has 1 saturated heterocycles. The summed E-state index contributed by atoms with van der Waals surface area (Å²) in [4.78, 5) is 24.2. The third-order valence-corrected chi connectivity index (χ3v) is 7.15. The molecule has 0 atom stereocenters. The van der Waals surface area contributed by atoms with Crippen LogP contribution in [0.15, 0.2) is 64.2 Å². The third kappa shape index (κ3) is 6.08. The van der Waals surface area contributed by atoms with Crippen LogP contribution in [0.3, 0.4) is 0 Å². The Morgan fingerprint density at radius 2 is 2.00 bits per heavy atom. The Morgan fingerprint density at radius 3 is 2.77 bits per heavy atom. The summed E-state index contributed by atoms with van der Waals surface area (Å²) in [6.07, 6.45) is 3.86. The number of piperidine rings is 1. The normalized spacial score (nSPS) is 14.7. The van der Waals surface area contributed by atoms with E-state index in [4.69, 9.17) is 9.72 Å². The van der Waals surface area contributed by atoms with Gasteiger partial charge in [0.2, 0.25) is 0 Å². The first-order valence-corrected chi connectivity index (χ1v) is 12.6. The van der Waals surface area contributed by atoms with E-state index in [1.54, 1.807) is 41.3 Å². The summed E-state index contributed by atoms with van der Waals surface area (Å²) < 4.78 is 7.11. The highest BCUT2D eigenvalue weighted by Gasteiger charge is 2.19. The molecule has 1 fully saturated rings. The van der Waals surface area contributed by atoms with Crippen LogP contribution in [0.1, 0.15) is 18.5 Å². The monoisotopic (exact) mass is 511 g/mol. The van der Waals surface area contributed by atoms with Crippen molar-refractivity contribution >= 4 is 34.8 Å². The summed E-state index contributed by atoms with van der Waals surface area (Å²) in [6.45, 7) is 4.29. The number of halogens is 1. The number of pyridine rings is 3. The Hall–Kier alpha value is -2.78. The van der Waals surface area contributed by atoms with E-state index >= 15 is 0 Å². The molecule has 0 unspecified atom stereocenters. The lowest BCUT2D eigenvalue weighted by molar-refractivity contribution is 0.191. The first-order chi connectivity index (χ1) is 16.7. The molecule has 0 spiro atoms. The van der Waals surface area contributed by atoms with Crippen LogP contribution in [-0.4, -0.2) is 52.2 Å². The van der Waals surface area contributed by atoms with Gasteiger partial charge in [0.15, 0.2) is 0 Å². The quantitative estimate of drug-likeness (QED) is 0.382. The fourth-order valence-corrected chi connectivity index (χ4v) is 5.14. The van der Waals surface area contributed by atoms with Crippen LogP contribution in [0.4, 0.5) is 0 Å². The van der Waals surface area contributed by atoms with E-state index in [9.17, 15) is 4.79 Å². The Morgan fingerprint density at radius 1 is 1.14 bits per heavy atom. The van der Waals surface area contributed by atoms with Gasteiger partial charge < -0.3 is 19.5 Å². The average molecular weight is 512 g/mol. The highest BCUT2D eigenvalue weighted by molar-refractivity contribution is 7.08. The second-order valence-electron chi connectivity index (χ2n) is 8.63. The number of fused-ring (bicyclic) bond motifs is 1. The lowest BCUT2D eigenvalue weighted by atomic mass is 10.0. The zero-order valence-electron chi connectivity index (χ0n) is 19.7. The van der Waals surface area contributed by atoms with Gasteiger partial charge in [0.25, 0.3) is 5.56 Å². The molecule has 0 bridgehead atoms. The minimum Gasteiger partial charge on any atom is -0.495 e. The van der Waals surface area contributed by atoms with Gasteiger partial charge in [-0.2, -0.15) is 11.3 Å². The molecule has 4 aromatic heterocycles. The van der Waals surface area contributed by atoms with Crippen molar-refractivity contribution in [3.8, 4) is 17.0 Å². The molecule has 0 aromatic carbocycles. The molecule has 184 valence electrons. The van der Waals surface area contributed by atoms with Crippen molar-refractivity contribution in [2.75, 3.05) is 26.7 Å². The van der Waals surface area contributed by atoms with Crippen molar-refractivity contribution < 1.29 is 4.74 Å². The van der Waals surface area contributed by atoms with Gasteiger partial charge >= 0.3 is 0 Å². The van der Waals surface area contributed by atoms with E-state index in [0.29, 0.717) is 18.3 Å². The maximum atomic E-state index is 12.5. The van der Waals surface area contributed by atoms with Crippen molar-refractivity contribution in [2.45, 2.75) is 32.0 Å². The topological polar surface area (TPSA) is 72.3 Å². The van der Waals surface area contributed by atoms with Crippen LogP contribution < -0.4 is 15.6 Å². The van der Waals surface area contributed by atoms with E-state index in [0.717, 1.165) is 61.4 Å². The number of aromatic nitrogens is 3. The second kappa shape index (κ2) is 11.8. The van der Waals surface area contributed by atoms with Gasteiger partial charge in [0, 0.05) is 48.8 Å². The molecule has 5 heterocycles. The van der Waals surface area contributed by atoms with E-state index in [-0.39, 0.29) is 18.0 Å². The molecule has 1 N–H and O–H groups in total. The molecule has 4 aromatic rings. The van der Waals surface area contributed by atoms with Crippen LogP contribution >= 0.6 is 23.7 Å². The third-order valence-electron chi connectivity index (χ3n) is 6.47. The maximum Gasteiger partial charge on any atom is 0.251 e. The van der Waals surface area contributed by atoms with Crippen molar-refractivity contribution in [1.82, 2.24) is 24.8 Å². The van der Waals surface area contributed by atoms with Crippen LogP contribution in [0.5, 0.6) is 5.75 Å². The lowest BCUT2D eigenvalue weighted by Gasteiger charge is -2.32. The predicted octanol–water partition coefficient (Wildman–Crippen LogP) is 4.20. The summed E-state index contributed by atoms with van der Waals surface area (Å²) >= 11 is 1.69. The molecule has 1 aliphatic heterocycles. The second-order valence-corrected chi connectivity index (χ2v) is 9.41. The van der Waals surface area contributed by atoms with Crippen LogP contribution in [0, 0.1) is 0 Å². The van der Waals surface area contributed by atoms with Crippen LogP contribution in [-0.2, 0) is 13.1 Å². The number of hydrogen-bond donors (Lipinski definition) is 1. The molecular formula is C26H30ClN5O2S. The molecule has 0 amide bonds. The number of nitrogens with zero attached hydrogens (tertiary/aromatic N) is 4. The average Bonchev–Trinajstić information content (AvgIpc) is 3.43. The molecule has 7 nitrogen and oxygen atoms in total. The van der Waals surface area contributed by atoms with Gasteiger partial charge in [0.1, 0.15) is 5.75 Å². The first-order valence-electron chi connectivity index (χ1n) is 11.7. The Bertz CT molecular complexity index is 1300. The van der Waals surface area contributed by atoms with Crippen molar-refractivity contribution in [1.29, 1.82) is 0 Å². The van der Waals surface area contributed by atoms with Crippen molar-refractivity contribution in [3.05, 3.63) is 75.5 Å². The summed E-state index contributed by atoms with van der Waals surface area (Å²) in [7, 11) is 1.61. The van der Waals surface area contributed by atoms with Crippen molar-refractivity contribution in [3.63, 3.8) is 0 Å².